The van der Waals surface area contributed by atoms with Gasteiger partial charge in [-0.15, -0.1) is 11.3 Å². The Morgan fingerprint density at radius 1 is 0.964 bits per heavy atom. The summed E-state index contributed by atoms with van der Waals surface area (Å²) in [6.45, 7) is 3.23. The van der Waals surface area contributed by atoms with E-state index in [0.717, 1.165) is 36.7 Å². The van der Waals surface area contributed by atoms with Crippen LogP contribution in [0.25, 0.3) is 5.57 Å². The summed E-state index contributed by atoms with van der Waals surface area (Å²) in [5.41, 5.74) is 2.62. The molecule has 1 fully saturated rings. The van der Waals surface area contributed by atoms with Gasteiger partial charge in [0.1, 0.15) is 5.70 Å². The number of benzene rings is 1. The Kier molecular flexibility index (Phi) is 4.95. The van der Waals surface area contributed by atoms with Crippen LogP contribution in [-0.2, 0) is 9.59 Å². The van der Waals surface area contributed by atoms with Crippen LogP contribution in [0.4, 0.5) is 11.4 Å². The van der Waals surface area contributed by atoms with Crippen molar-refractivity contribution in [2.45, 2.75) is 0 Å². The number of nitrogens with zero attached hydrogens (tertiary/aromatic N) is 4. The highest BCUT2D eigenvalue weighted by Crippen LogP contribution is 2.37. The van der Waals surface area contributed by atoms with Crippen LogP contribution in [0.15, 0.2) is 47.5 Å². The van der Waals surface area contributed by atoms with Crippen LogP contribution >= 0.6 is 11.3 Å². The molecule has 146 valence electrons. The van der Waals surface area contributed by atoms with Crippen LogP contribution in [0.2, 0.25) is 0 Å². The summed E-state index contributed by atoms with van der Waals surface area (Å²) >= 11 is 1.50. The molecular weight excluding hydrogens is 372 g/mol. The SMILES string of the molecule is CN1CCN(C2=C(c3cccs3)C(=O)N(c3cccc(N(C)C)c3)C2=O)CC1. The van der Waals surface area contributed by atoms with Crippen LogP contribution in [0, 0.1) is 0 Å². The van der Waals surface area contributed by atoms with E-state index in [2.05, 4.69) is 16.8 Å². The van der Waals surface area contributed by atoms with E-state index in [9.17, 15) is 9.59 Å². The molecule has 0 N–H and O–H groups in total. The lowest BCUT2D eigenvalue weighted by atomic mass is 10.1. The summed E-state index contributed by atoms with van der Waals surface area (Å²) in [4.78, 5) is 35.3. The van der Waals surface area contributed by atoms with Gasteiger partial charge in [0.05, 0.1) is 11.3 Å². The Labute approximate surface area is 169 Å². The van der Waals surface area contributed by atoms with Gasteiger partial charge in [0.25, 0.3) is 11.8 Å². The van der Waals surface area contributed by atoms with E-state index in [1.54, 1.807) is 0 Å². The van der Waals surface area contributed by atoms with Gasteiger partial charge in [0, 0.05) is 50.8 Å². The first kappa shape index (κ1) is 18.7. The average Bonchev–Trinajstić information content (AvgIpc) is 3.29. The number of carbonyl (C=O) groups is 2. The summed E-state index contributed by atoms with van der Waals surface area (Å²) in [5.74, 6) is -0.467. The molecular formula is C21H24N4O2S. The molecule has 0 aliphatic carbocycles. The fourth-order valence-electron chi connectivity index (χ4n) is 3.63. The minimum atomic E-state index is -0.239. The highest BCUT2D eigenvalue weighted by atomic mass is 32.1. The summed E-state index contributed by atoms with van der Waals surface area (Å²) in [6.07, 6.45) is 0. The molecule has 0 saturated carbocycles. The zero-order valence-corrected chi connectivity index (χ0v) is 17.2. The van der Waals surface area contributed by atoms with Crippen LogP contribution < -0.4 is 9.80 Å². The van der Waals surface area contributed by atoms with Crippen molar-refractivity contribution in [2.75, 3.05) is 57.1 Å². The van der Waals surface area contributed by atoms with E-state index < -0.39 is 0 Å². The maximum Gasteiger partial charge on any atom is 0.282 e. The molecule has 1 aromatic carbocycles. The van der Waals surface area contributed by atoms with Gasteiger partial charge in [-0.25, -0.2) is 4.90 Å². The number of rotatable bonds is 4. The van der Waals surface area contributed by atoms with E-state index in [0.29, 0.717) is 17.0 Å². The zero-order valence-electron chi connectivity index (χ0n) is 16.4. The highest BCUT2D eigenvalue weighted by molar-refractivity contribution is 7.11. The van der Waals surface area contributed by atoms with E-state index in [4.69, 9.17) is 0 Å². The van der Waals surface area contributed by atoms with Crippen molar-refractivity contribution < 1.29 is 9.59 Å². The number of piperazine rings is 1. The minimum Gasteiger partial charge on any atom is -0.378 e. The van der Waals surface area contributed by atoms with Gasteiger partial charge in [-0.2, -0.15) is 0 Å². The molecule has 0 unspecified atom stereocenters. The van der Waals surface area contributed by atoms with Gasteiger partial charge >= 0.3 is 0 Å². The number of amides is 2. The maximum atomic E-state index is 13.5. The van der Waals surface area contributed by atoms with Gasteiger partial charge in [0.2, 0.25) is 0 Å². The third-order valence-corrected chi connectivity index (χ3v) is 6.14. The Hall–Kier alpha value is -2.64. The summed E-state index contributed by atoms with van der Waals surface area (Å²) in [7, 11) is 5.96. The van der Waals surface area contributed by atoms with Crippen LogP contribution in [0.1, 0.15) is 4.88 Å². The second-order valence-corrected chi connectivity index (χ2v) is 8.30. The van der Waals surface area contributed by atoms with E-state index in [1.165, 1.54) is 16.2 Å². The zero-order chi connectivity index (χ0) is 19.8. The second-order valence-electron chi connectivity index (χ2n) is 7.35. The minimum absolute atomic E-state index is 0.228. The average molecular weight is 397 g/mol. The molecule has 7 heteroatoms. The molecule has 2 aliphatic heterocycles. The monoisotopic (exact) mass is 396 g/mol. The molecule has 6 nitrogen and oxygen atoms in total. The fraction of sp³-hybridized carbons (Fsp3) is 0.333. The van der Waals surface area contributed by atoms with Gasteiger partial charge in [-0.05, 0) is 36.7 Å². The van der Waals surface area contributed by atoms with E-state index in [1.807, 2.05) is 60.8 Å². The lowest BCUT2D eigenvalue weighted by Crippen LogP contribution is -2.46. The van der Waals surface area contributed by atoms with Crippen molar-refractivity contribution in [3.63, 3.8) is 0 Å². The molecule has 2 aliphatic rings. The van der Waals surface area contributed by atoms with Crippen molar-refractivity contribution >= 4 is 40.1 Å². The quantitative estimate of drug-likeness (QED) is 0.743. The van der Waals surface area contributed by atoms with Crippen molar-refractivity contribution in [2.24, 2.45) is 0 Å². The first-order chi connectivity index (χ1) is 13.5. The molecule has 2 amide bonds. The Bertz CT molecular complexity index is 928. The van der Waals surface area contributed by atoms with Gasteiger partial charge < -0.3 is 14.7 Å². The lowest BCUT2D eigenvalue weighted by molar-refractivity contribution is -0.120. The number of likely N-dealkylation sites (N-methyl/N-ethyl adjacent to an activating group) is 1. The summed E-state index contributed by atoms with van der Waals surface area (Å²) in [5, 5.41) is 1.94. The number of carbonyl (C=O) groups excluding carboxylic acids is 2. The molecule has 3 heterocycles. The third kappa shape index (κ3) is 3.21. The van der Waals surface area contributed by atoms with Crippen molar-refractivity contribution in [1.82, 2.24) is 9.80 Å². The normalized spacial score (nSPS) is 18.4. The number of imide groups is 1. The fourth-order valence-corrected chi connectivity index (χ4v) is 4.39. The third-order valence-electron chi connectivity index (χ3n) is 5.25. The van der Waals surface area contributed by atoms with Gasteiger partial charge in [-0.1, -0.05) is 12.1 Å². The Balaban J connectivity index is 1.77. The molecule has 2 aromatic rings. The highest BCUT2D eigenvalue weighted by Gasteiger charge is 2.43. The molecule has 4 rings (SSSR count). The van der Waals surface area contributed by atoms with E-state index in [-0.39, 0.29) is 11.8 Å². The first-order valence-corrected chi connectivity index (χ1v) is 10.2. The topological polar surface area (TPSA) is 47.1 Å². The number of hydrogen-bond acceptors (Lipinski definition) is 6. The first-order valence-electron chi connectivity index (χ1n) is 9.35. The van der Waals surface area contributed by atoms with Crippen molar-refractivity contribution in [3.8, 4) is 0 Å². The smallest absolute Gasteiger partial charge is 0.282 e. The van der Waals surface area contributed by atoms with Crippen LogP contribution in [0.5, 0.6) is 0 Å². The lowest BCUT2D eigenvalue weighted by Gasteiger charge is -2.34. The summed E-state index contributed by atoms with van der Waals surface area (Å²) < 4.78 is 0. The van der Waals surface area contributed by atoms with Gasteiger partial charge in [-0.3, -0.25) is 9.59 Å². The Morgan fingerprint density at radius 3 is 2.36 bits per heavy atom. The maximum absolute atomic E-state index is 13.5. The van der Waals surface area contributed by atoms with Crippen molar-refractivity contribution in [1.29, 1.82) is 0 Å². The van der Waals surface area contributed by atoms with Crippen molar-refractivity contribution in [3.05, 3.63) is 52.4 Å². The second kappa shape index (κ2) is 7.41. The molecule has 0 atom stereocenters. The molecule has 0 radical (unpaired) electrons. The summed E-state index contributed by atoms with van der Waals surface area (Å²) in [6, 6.07) is 11.4. The number of hydrogen-bond donors (Lipinski definition) is 0. The molecule has 28 heavy (non-hydrogen) atoms. The molecule has 0 spiro atoms. The number of anilines is 2. The number of thiophene rings is 1. The predicted molar refractivity (Wildman–Crippen MR) is 114 cm³/mol. The predicted octanol–water partition coefficient (Wildman–Crippen LogP) is 2.35. The molecule has 0 bridgehead atoms. The molecule has 1 aromatic heterocycles. The van der Waals surface area contributed by atoms with Crippen LogP contribution in [-0.4, -0.2) is 68.9 Å². The largest absolute Gasteiger partial charge is 0.378 e. The van der Waals surface area contributed by atoms with Crippen LogP contribution in [0.3, 0.4) is 0 Å². The molecule has 1 saturated heterocycles. The Morgan fingerprint density at radius 2 is 1.71 bits per heavy atom. The standard InChI is InChI=1S/C21H24N4O2S/c1-22(2)15-6-4-7-16(14-15)25-20(26)18(17-8-5-13-28-17)19(21(25)27)24-11-9-23(3)10-12-24/h4-8,13-14H,9-12H2,1-3H3. The van der Waals surface area contributed by atoms with Gasteiger partial charge in [0.15, 0.2) is 0 Å². The van der Waals surface area contributed by atoms with E-state index >= 15 is 0 Å².